The second-order valence-electron chi connectivity index (χ2n) is 4.23. The molecule has 0 saturated carbocycles. The third-order valence-electron chi connectivity index (χ3n) is 3.13. The van der Waals surface area contributed by atoms with Crippen LogP contribution in [0.3, 0.4) is 0 Å². The summed E-state index contributed by atoms with van der Waals surface area (Å²) in [5.74, 6) is 0. The van der Waals surface area contributed by atoms with Crippen LogP contribution in [0.2, 0.25) is 0 Å². The summed E-state index contributed by atoms with van der Waals surface area (Å²) in [7, 11) is -2.42. The number of fused-ring (bicyclic) bond motifs is 2. The molecule has 0 amide bonds. The Balaban J connectivity index is 0.000000195. The predicted molar refractivity (Wildman–Crippen MR) is 56.0 cm³/mol. The number of hydrogen-bond donors (Lipinski definition) is 3. The van der Waals surface area contributed by atoms with Crippen LogP contribution in [0, 0.1) is 0 Å². The largest absolute Gasteiger partial charge is 0.394 e. The molecule has 2 aliphatic heterocycles. The summed E-state index contributed by atoms with van der Waals surface area (Å²) in [5, 5.41) is 0. The van der Waals surface area contributed by atoms with Crippen molar-refractivity contribution < 1.29 is 17.5 Å². The summed E-state index contributed by atoms with van der Waals surface area (Å²) >= 11 is 0. The highest BCUT2D eigenvalue weighted by Gasteiger charge is 2.36. The summed E-state index contributed by atoms with van der Waals surface area (Å²) in [6.07, 6.45) is 5.23. The average molecular weight is 238 g/mol. The standard InChI is InChI=1S/C8H16N2.H2O4S/c1-10-7-2-3-8(10)5-6(9)4-7;1-5(2,3)4/h6-8H,2-5,9H2,1H3;(H2,1,2,3,4)/t6?,7-,8+;. The predicted octanol–water partition coefficient (Wildman–Crippen LogP) is -0.0825. The molecule has 1 unspecified atom stereocenters. The molecule has 0 spiro atoms. The first-order chi connectivity index (χ1) is 6.77. The van der Waals surface area contributed by atoms with Crippen LogP contribution in [0.4, 0.5) is 0 Å². The zero-order valence-electron chi connectivity index (χ0n) is 8.70. The number of piperidine rings is 1. The molecule has 0 aromatic heterocycles. The van der Waals surface area contributed by atoms with Crippen LogP contribution in [-0.4, -0.2) is 47.6 Å². The first-order valence-electron chi connectivity index (χ1n) is 4.94. The van der Waals surface area contributed by atoms with Gasteiger partial charge in [-0.25, -0.2) is 0 Å². The van der Waals surface area contributed by atoms with Crippen molar-refractivity contribution in [3.63, 3.8) is 0 Å². The fourth-order valence-electron chi connectivity index (χ4n) is 2.45. The molecule has 2 rings (SSSR count). The zero-order valence-corrected chi connectivity index (χ0v) is 9.52. The molecule has 2 bridgehead atoms. The van der Waals surface area contributed by atoms with Gasteiger partial charge < -0.3 is 10.6 Å². The minimum atomic E-state index is -4.67. The van der Waals surface area contributed by atoms with Crippen molar-refractivity contribution in [2.24, 2.45) is 5.73 Å². The molecular formula is C8H18N2O4S. The highest BCUT2D eigenvalue weighted by molar-refractivity contribution is 7.79. The normalized spacial score (nSPS) is 35.9. The maximum absolute atomic E-state index is 8.74. The summed E-state index contributed by atoms with van der Waals surface area (Å²) in [6.45, 7) is 0. The van der Waals surface area contributed by atoms with Crippen LogP contribution >= 0.6 is 0 Å². The molecule has 2 saturated heterocycles. The third kappa shape index (κ3) is 4.43. The van der Waals surface area contributed by atoms with E-state index >= 15 is 0 Å². The maximum Gasteiger partial charge on any atom is 0.394 e. The lowest BCUT2D eigenvalue weighted by Gasteiger charge is -2.34. The van der Waals surface area contributed by atoms with Crippen LogP contribution in [0.15, 0.2) is 0 Å². The second-order valence-corrected chi connectivity index (χ2v) is 5.13. The molecule has 7 heteroatoms. The van der Waals surface area contributed by atoms with Gasteiger partial charge in [-0.1, -0.05) is 0 Å². The average Bonchev–Trinajstić information content (AvgIpc) is 2.32. The topological polar surface area (TPSA) is 104 Å². The molecule has 0 aromatic carbocycles. The third-order valence-corrected chi connectivity index (χ3v) is 3.13. The van der Waals surface area contributed by atoms with Gasteiger partial charge in [0.15, 0.2) is 0 Å². The van der Waals surface area contributed by atoms with Crippen LogP contribution in [0.1, 0.15) is 25.7 Å². The first-order valence-corrected chi connectivity index (χ1v) is 6.34. The lowest BCUT2D eigenvalue weighted by molar-refractivity contribution is 0.163. The Labute approximate surface area is 90.0 Å². The summed E-state index contributed by atoms with van der Waals surface area (Å²) in [6, 6.07) is 2.12. The minimum absolute atomic E-state index is 0.494. The van der Waals surface area contributed by atoms with Crippen LogP contribution in [-0.2, 0) is 10.4 Å². The van der Waals surface area contributed by atoms with E-state index in [9.17, 15) is 0 Å². The number of nitrogens with two attached hydrogens (primary N) is 1. The van der Waals surface area contributed by atoms with Crippen LogP contribution < -0.4 is 5.73 Å². The molecule has 4 N–H and O–H groups in total. The van der Waals surface area contributed by atoms with Gasteiger partial charge in [0, 0.05) is 18.1 Å². The van der Waals surface area contributed by atoms with Gasteiger partial charge in [-0.15, -0.1) is 0 Å². The van der Waals surface area contributed by atoms with Crippen LogP contribution in [0.5, 0.6) is 0 Å². The summed E-state index contributed by atoms with van der Waals surface area (Å²) < 4.78 is 31.6. The number of rotatable bonds is 0. The minimum Gasteiger partial charge on any atom is -0.328 e. The smallest absolute Gasteiger partial charge is 0.328 e. The van der Waals surface area contributed by atoms with E-state index in [1.807, 2.05) is 0 Å². The Bertz CT molecular complexity index is 284. The van der Waals surface area contributed by atoms with Crippen molar-refractivity contribution >= 4 is 10.4 Å². The van der Waals surface area contributed by atoms with Crippen molar-refractivity contribution in [1.29, 1.82) is 0 Å². The molecule has 0 radical (unpaired) electrons. The zero-order chi connectivity index (χ0) is 11.6. The SMILES string of the molecule is CN1[C@@H]2CC[C@H]1CC(N)C2.O=S(=O)(O)O. The van der Waals surface area contributed by atoms with Crippen molar-refractivity contribution in [1.82, 2.24) is 4.90 Å². The Morgan fingerprint density at radius 2 is 1.53 bits per heavy atom. The Morgan fingerprint density at radius 3 is 1.87 bits per heavy atom. The second kappa shape index (κ2) is 4.75. The van der Waals surface area contributed by atoms with Crippen molar-refractivity contribution in [3.8, 4) is 0 Å². The van der Waals surface area contributed by atoms with Gasteiger partial charge >= 0.3 is 10.4 Å². The summed E-state index contributed by atoms with van der Waals surface area (Å²) in [5.41, 5.74) is 5.89. The Hall–Kier alpha value is -0.210. The van der Waals surface area contributed by atoms with E-state index in [1.54, 1.807) is 0 Å². The van der Waals surface area contributed by atoms with E-state index in [1.165, 1.54) is 25.7 Å². The fourth-order valence-corrected chi connectivity index (χ4v) is 2.45. The van der Waals surface area contributed by atoms with E-state index in [0.717, 1.165) is 12.1 Å². The lowest BCUT2D eigenvalue weighted by Crippen LogP contribution is -2.45. The molecule has 2 fully saturated rings. The van der Waals surface area contributed by atoms with Gasteiger partial charge in [-0.3, -0.25) is 9.11 Å². The Kier molecular flexibility index (Phi) is 4.07. The molecule has 15 heavy (non-hydrogen) atoms. The van der Waals surface area contributed by atoms with Gasteiger partial charge in [0.25, 0.3) is 0 Å². The van der Waals surface area contributed by atoms with E-state index in [2.05, 4.69) is 11.9 Å². The van der Waals surface area contributed by atoms with Crippen molar-refractivity contribution in [2.45, 2.75) is 43.8 Å². The van der Waals surface area contributed by atoms with E-state index < -0.39 is 10.4 Å². The molecule has 2 heterocycles. The monoisotopic (exact) mass is 238 g/mol. The molecular weight excluding hydrogens is 220 g/mol. The highest BCUT2D eigenvalue weighted by atomic mass is 32.3. The van der Waals surface area contributed by atoms with Crippen molar-refractivity contribution in [3.05, 3.63) is 0 Å². The molecule has 2 aliphatic rings. The van der Waals surface area contributed by atoms with E-state index in [4.69, 9.17) is 23.3 Å². The van der Waals surface area contributed by atoms with Gasteiger partial charge in [0.1, 0.15) is 0 Å². The molecule has 0 aliphatic carbocycles. The van der Waals surface area contributed by atoms with E-state index in [-0.39, 0.29) is 0 Å². The van der Waals surface area contributed by atoms with Gasteiger partial charge in [0.05, 0.1) is 0 Å². The maximum atomic E-state index is 8.74. The molecule has 6 nitrogen and oxygen atoms in total. The van der Waals surface area contributed by atoms with Gasteiger partial charge in [-0.2, -0.15) is 8.42 Å². The van der Waals surface area contributed by atoms with Crippen LogP contribution in [0.25, 0.3) is 0 Å². The van der Waals surface area contributed by atoms with Crippen molar-refractivity contribution in [2.75, 3.05) is 7.05 Å². The van der Waals surface area contributed by atoms with Gasteiger partial charge in [0.2, 0.25) is 0 Å². The molecule has 3 atom stereocenters. The highest BCUT2D eigenvalue weighted by Crippen LogP contribution is 2.33. The number of nitrogens with zero attached hydrogens (tertiary/aromatic N) is 1. The number of hydrogen-bond acceptors (Lipinski definition) is 4. The molecule has 0 aromatic rings. The molecule has 90 valence electrons. The lowest BCUT2D eigenvalue weighted by atomic mass is 9.99. The first kappa shape index (κ1) is 12.9. The van der Waals surface area contributed by atoms with E-state index in [0.29, 0.717) is 6.04 Å². The quantitative estimate of drug-likeness (QED) is 0.510. The van der Waals surface area contributed by atoms with Gasteiger partial charge in [-0.05, 0) is 32.7 Å². The summed E-state index contributed by atoms with van der Waals surface area (Å²) in [4.78, 5) is 2.52. The fraction of sp³-hybridized carbons (Fsp3) is 1.00. The Morgan fingerprint density at radius 1 is 1.20 bits per heavy atom.